The van der Waals surface area contributed by atoms with Gasteiger partial charge in [0.1, 0.15) is 11.6 Å². The molecule has 132 valence electrons. The first-order valence-electron chi connectivity index (χ1n) is 7.95. The number of carbonyl (C=O) groups is 1. The number of amidine groups is 1. The number of ether oxygens (including phenoxy) is 2. The summed E-state index contributed by atoms with van der Waals surface area (Å²) >= 11 is 12.5. The van der Waals surface area contributed by atoms with Gasteiger partial charge in [0, 0.05) is 12.6 Å². The molecule has 2 aliphatic heterocycles. The van der Waals surface area contributed by atoms with E-state index in [1.807, 2.05) is 29.2 Å². The van der Waals surface area contributed by atoms with Gasteiger partial charge in [-0.1, -0.05) is 35.3 Å². The van der Waals surface area contributed by atoms with Gasteiger partial charge in [-0.3, -0.25) is 4.99 Å². The maximum absolute atomic E-state index is 12.2. The summed E-state index contributed by atoms with van der Waals surface area (Å²) in [6, 6.07) is 6.94. The van der Waals surface area contributed by atoms with Crippen molar-refractivity contribution in [2.45, 2.75) is 25.4 Å². The van der Waals surface area contributed by atoms with Crippen LogP contribution in [0.25, 0.3) is 0 Å². The molecule has 5 nitrogen and oxygen atoms in total. The Hall–Kier alpha value is -1.98. The highest BCUT2D eigenvalue weighted by Crippen LogP contribution is 2.37. The van der Waals surface area contributed by atoms with Gasteiger partial charge >= 0.3 is 5.97 Å². The second-order valence-electron chi connectivity index (χ2n) is 5.66. The van der Waals surface area contributed by atoms with Crippen molar-refractivity contribution in [2.75, 3.05) is 13.7 Å². The fourth-order valence-electron chi connectivity index (χ4n) is 2.94. The van der Waals surface area contributed by atoms with E-state index in [9.17, 15) is 4.79 Å². The standard InChI is InChI=1S/C18H18Cl2N2O3/c1-3-25-18(23)15-9-16(11-4-6-13(24-2)7-5-11)22-10-12(19)8-14(20)17(22)21-15/h4-8,10,15-16H,3,9H2,1-2H3. The Kier molecular flexibility index (Phi) is 5.35. The number of aliphatic imine (C=N–C) groups is 1. The molecule has 0 spiro atoms. The van der Waals surface area contributed by atoms with Crippen LogP contribution < -0.4 is 4.74 Å². The molecule has 25 heavy (non-hydrogen) atoms. The fourth-order valence-corrected chi connectivity index (χ4v) is 3.48. The zero-order valence-electron chi connectivity index (χ0n) is 13.9. The van der Waals surface area contributed by atoms with E-state index in [-0.39, 0.29) is 12.0 Å². The number of methoxy groups -OCH3 is 1. The normalized spacial score (nSPS) is 22.4. The molecular weight excluding hydrogens is 363 g/mol. The van der Waals surface area contributed by atoms with E-state index >= 15 is 0 Å². The lowest BCUT2D eigenvalue weighted by Crippen LogP contribution is -2.42. The lowest BCUT2D eigenvalue weighted by Gasteiger charge is -2.38. The zero-order valence-corrected chi connectivity index (χ0v) is 15.4. The maximum atomic E-state index is 12.2. The number of rotatable bonds is 4. The molecular formula is C18H18Cl2N2O3. The second-order valence-corrected chi connectivity index (χ2v) is 6.50. The van der Waals surface area contributed by atoms with Crippen molar-refractivity contribution in [1.29, 1.82) is 0 Å². The molecule has 0 amide bonds. The first-order chi connectivity index (χ1) is 12.0. The van der Waals surface area contributed by atoms with Gasteiger partial charge in [-0.15, -0.1) is 0 Å². The maximum Gasteiger partial charge on any atom is 0.331 e. The third-order valence-corrected chi connectivity index (χ3v) is 4.59. The monoisotopic (exact) mass is 380 g/mol. The SMILES string of the molecule is CCOC(=O)C1CC(c2ccc(OC)cc2)N2C=C(Cl)C=C(Cl)C2=N1. The van der Waals surface area contributed by atoms with Gasteiger partial charge in [-0.2, -0.15) is 0 Å². The van der Waals surface area contributed by atoms with Crippen LogP contribution >= 0.6 is 23.2 Å². The van der Waals surface area contributed by atoms with E-state index in [1.165, 1.54) is 0 Å². The zero-order chi connectivity index (χ0) is 18.0. The third kappa shape index (κ3) is 3.67. The minimum absolute atomic E-state index is 0.135. The van der Waals surface area contributed by atoms with Crippen LogP contribution in [0.4, 0.5) is 0 Å². The molecule has 2 heterocycles. The van der Waals surface area contributed by atoms with Crippen LogP contribution in [0.2, 0.25) is 0 Å². The van der Waals surface area contributed by atoms with Crippen molar-refractivity contribution in [1.82, 2.24) is 4.90 Å². The molecule has 2 unspecified atom stereocenters. The summed E-state index contributed by atoms with van der Waals surface area (Å²) in [5.41, 5.74) is 1.01. The van der Waals surface area contributed by atoms with E-state index < -0.39 is 6.04 Å². The molecule has 0 bridgehead atoms. The molecule has 3 rings (SSSR count). The first kappa shape index (κ1) is 17.8. The van der Waals surface area contributed by atoms with Gasteiger partial charge < -0.3 is 14.4 Å². The van der Waals surface area contributed by atoms with E-state index in [1.54, 1.807) is 26.3 Å². The molecule has 1 aromatic rings. The van der Waals surface area contributed by atoms with Gasteiger partial charge in [0.05, 0.1) is 29.8 Å². The Labute approximate surface area is 156 Å². The van der Waals surface area contributed by atoms with Crippen LogP contribution in [-0.2, 0) is 9.53 Å². The highest BCUT2D eigenvalue weighted by Gasteiger charge is 2.37. The fraction of sp³-hybridized carbons (Fsp3) is 0.333. The number of carbonyl (C=O) groups excluding carboxylic acids is 1. The molecule has 7 heteroatoms. The number of fused-ring (bicyclic) bond motifs is 1. The average Bonchev–Trinajstić information content (AvgIpc) is 2.61. The molecule has 1 aromatic carbocycles. The largest absolute Gasteiger partial charge is 0.497 e. The lowest BCUT2D eigenvalue weighted by atomic mass is 9.95. The number of hydrogen-bond donors (Lipinski definition) is 0. The van der Waals surface area contributed by atoms with Gasteiger partial charge in [-0.05, 0) is 30.7 Å². The van der Waals surface area contributed by atoms with Gasteiger partial charge in [0.15, 0.2) is 6.04 Å². The Balaban J connectivity index is 1.99. The quantitative estimate of drug-likeness (QED) is 0.741. The molecule has 2 atom stereocenters. The topological polar surface area (TPSA) is 51.1 Å². The van der Waals surface area contributed by atoms with E-state index in [2.05, 4.69) is 4.99 Å². The molecule has 0 radical (unpaired) electrons. The smallest absolute Gasteiger partial charge is 0.331 e. The van der Waals surface area contributed by atoms with Gasteiger partial charge in [0.2, 0.25) is 0 Å². The summed E-state index contributed by atoms with van der Waals surface area (Å²) in [5, 5.41) is 0.914. The van der Waals surface area contributed by atoms with Crippen molar-refractivity contribution in [3.05, 3.63) is 52.2 Å². The number of benzene rings is 1. The summed E-state index contributed by atoms with van der Waals surface area (Å²) in [6.45, 7) is 2.09. The molecule has 2 aliphatic rings. The van der Waals surface area contributed by atoms with Crippen LogP contribution in [0.3, 0.4) is 0 Å². The summed E-state index contributed by atoms with van der Waals surface area (Å²) in [6.07, 6.45) is 3.87. The lowest BCUT2D eigenvalue weighted by molar-refractivity contribution is -0.145. The molecule has 0 saturated carbocycles. The van der Waals surface area contributed by atoms with E-state index in [0.29, 0.717) is 28.9 Å². The number of esters is 1. The first-order valence-corrected chi connectivity index (χ1v) is 8.70. The number of halogens is 2. The Morgan fingerprint density at radius 1 is 1.32 bits per heavy atom. The van der Waals surface area contributed by atoms with Crippen molar-refractivity contribution in [2.24, 2.45) is 4.99 Å². The van der Waals surface area contributed by atoms with Crippen molar-refractivity contribution < 1.29 is 14.3 Å². The molecule has 0 N–H and O–H groups in total. The highest BCUT2D eigenvalue weighted by molar-refractivity contribution is 6.45. The van der Waals surface area contributed by atoms with Crippen LogP contribution in [0, 0.1) is 0 Å². The summed E-state index contributed by atoms with van der Waals surface area (Å²) < 4.78 is 10.4. The highest BCUT2D eigenvalue weighted by atomic mass is 35.5. The number of allylic oxidation sites excluding steroid dienone is 2. The summed E-state index contributed by atoms with van der Waals surface area (Å²) in [4.78, 5) is 18.6. The van der Waals surface area contributed by atoms with Crippen LogP contribution in [0.15, 0.2) is 51.6 Å². The predicted octanol–water partition coefficient (Wildman–Crippen LogP) is 3.99. The van der Waals surface area contributed by atoms with E-state index in [0.717, 1.165) is 11.3 Å². The molecule has 0 aliphatic carbocycles. The Morgan fingerprint density at radius 2 is 2.04 bits per heavy atom. The average molecular weight is 381 g/mol. The summed E-state index contributed by atoms with van der Waals surface area (Å²) in [7, 11) is 1.62. The molecule has 0 saturated heterocycles. The third-order valence-electron chi connectivity index (χ3n) is 4.10. The van der Waals surface area contributed by atoms with Crippen molar-refractivity contribution in [3.63, 3.8) is 0 Å². The number of hydrogen-bond acceptors (Lipinski definition) is 5. The van der Waals surface area contributed by atoms with Crippen LogP contribution in [0.5, 0.6) is 5.75 Å². The predicted molar refractivity (Wildman–Crippen MR) is 97.9 cm³/mol. The van der Waals surface area contributed by atoms with Crippen LogP contribution in [0.1, 0.15) is 24.9 Å². The summed E-state index contributed by atoms with van der Waals surface area (Å²) in [5.74, 6) is 0.940. The minimum atomic E-state index is -0.606. The second kappa shape index (κ2) is 7.50. The van der Waals surface area contributed by atoms with E-state index in [4.69, 9.17) is 32.7 Å². The Morgan fingerprint density at radius 3 is 2.68 bits per heavy atom. The van der Waals surface area contributed by atoms with Crippen molar-refractivity contribution in [3.8, 4) is 5.75 Å². The Bertz CT molecular complexity index is 756. The van der Waals surface area contributed by atoms with Crippen LogP contribution in [-0.4, -0.2) is 36.5 Å². The van der Waals surface area contributed by atoms with Crippen molar-refractivity contribution >= 4 is 35.0 Å². The molecule has 0 aromatic heterocycles. The minimum Gasteiger partial charge on any atom is -0.497 e. The number of nitrogens with zero attached hydrogens (tertiary/aromatic N) is 2. The van der Waals surface area contributed by atoms with Gasteiger partial charge in [-0.25, -0.2) is 4.79 Å². The molecule has 0 fully saturated rings. The van der Waals surface area contributed by atoms with Gasteiger partial charge in [0.25, 0.3) is 0 Å².